The summed E-state index contributed by atoms with van der Waals surface area (Å²) in [5.74, 6) is -1.09. The second-order valence-electron chi connectivity index (χ2n) is 2.27. The first-order valence-corrected chi connectivity index (χ1v) is 3.03. The van der Waals surface area contributed by atoms with Crippen LogP contribution in [0.3, 0.4) is 0 Å². The van der Waals surface area contributed by atoms with Gasteiger partial charge < -0.3 is 10.1 Å². The largest absolute Gasteiger partial charge is 0.477 e. The molecule has 0 amide bonds. The Morgan fingerprint density at radius 2 is 2.18 bits per heavy atom. The number of hydrogen-bond donors (Lipinski definition) is 2. The molecule has 1 rings (SSSR count). The van der Waals surface area contributed by atoms with Crippen molar-refractivity contribution in [2.45, 2.75) is 6.92 Å². The molecular formula is C6H8N2O3. The number of carboxylic acids is 1. The standard InChI is InChI=1S/C6H8N2O3/c1-3-4(5(9)10)8(2)6(11)7-3/h1-2H3,(H,7,11)(H,9,10). The van der Waals surface area contributed by atoms with Crippen molar-refractivity contribution in [3.05, 3.63) is 21.9 Å². The first-order chi connectivity index (χ1) is 5.04. The Morgan fingerprint density at radius 3 is 2.36 bits per heavy atom. The van der Waals surface area contributed by atoms with Crippen LogP contribution in [0.25, 0.3) is 0 Å². The van der Waals surface area contributed by atoms with Gasteiger partial charge in [-0.25, -0.2) is 9.59 Å². The smallest absolute Gasteiger partial charge is 0.354 e. The van der Waals surface area contributed by atoms with E-state index in [9.17, 15) is 9.59 Å². The topological polar surface area (TPSA) is 75.1 Å². The number of nitrogens with one attached hydrogen (secondary N) is 1. The fourth-order valence-electron chi connectivity index (χ4n) is 0.960. The summed E-state index contributed by atoms with van der Waals surface area (Å²) in [5, 5.41) is 8.58. The molecule has 0 aliphatic carbocycles. The lowest BCUT2D eigenvalue weighted by Crippen LogP contribution is -2.16. The van der Waals surface area contributed by atoms with Gasteiger partial charge in [0.1, 0.15) is 0 Å². The van der Waals surface area contributed by atoms with Crippen molar-refractivity contribution < 1.29 is 9.90 Å². The number of H-pyrrole nitrogens is 1. The summed E-state index contributed by atoms with van der Waals surface area (Å²) in [6, 6.07) is 0. The van der Waals surface area contributed by atoms with Crippen molar-refractivity contribution in [3.8, 4) is 0 Å². The van der Waals surface area contributed by atoms with E-state index in [0.717, 1.165) is 4.57 Å². The van der Waals surface area contributed by atoms with Crippen LogP contribution in [-0.2, 0) is 7.05 Å². The second kappa shape index (κ2) is 2.26. The number of rotatable bonds is 1. The third-order valence-electron chi connectivity index (χ3n) is 1.49. The number of nitrogens with zero attached hydrogens (tertiary/aromatic N) is 1. The first-order valence-electron chi connectivity index (χ1n) is 3.03. The van der Waals surface area contributed by atoms with Crippen molar-refractivity contribution in [3.63, 3.8) is 0 Å². The zero-order valence-corrected chi connectivity index (χ0v) is 6.21. The molecule has 5 nitrogen and oxygen atoms in total. The van der Waals surface area contributed by atoms with Crippen LogP contribution in [0.2, 0.25) is 0 Å². The summed E-state index contributed by atoms with van der Waals surface area (Å²) in [6.07, 6.45) is 0. The van der Waals surface area contributed by atoms with E-state index in [1.807, 2.05) is 0 Å². The Kier molecular flexibility index (Phi) is 1.56. The number of carbonyl (C=O) groups is 1. The number of aryl methyl sites for hydroxylation is 1. The molecule has 0 aliphatic rings. The zero-order chi connectivity index (χ0) is 8.59. The molecule has 60 valence electrons. The van der Waals surface area contributed by atoms with E-state index in [4.69, 9.17) is 5.11 Å². The van der Waals surface area contributed by atoms with Gasteiger partial charge in [0.25, 0.3) is 0 Å². The summed E-state index contributed by atoms with van der Waals surface area (Å²) in [4.78, 5) is 23.7. The lowest BCUT2D eigenvalue weighted by molar-refractivity contribution is 0.0685. The zero-order valence-electron chi connectivity index (χ0n) is 6.21. The fraction of sp³-hybridized carbons (Fsp3) is 0.333. The molecule has 0 saturated carbocycles. The van der Waals surface area contributed by atoms with Crippen molar-refractivity contribution >= 4 is 5.97 Å². The van der Waals surface area contributed by atoms with Crippen LogP contribution in [0.4, 0.5) is 0 Å². The lowest BCUT2D eigenvalue weighted by Gasteiger charge is -1.93. The Bertz CT molecular complexity index is 347. The van der Waals surface area contributed by atoms with Crippen molar-refractivity contribution in [1.29, 1.82) is 0 Å². The number of aromatic amines is 1. The molecule has 0 saturated heterocycles. The number of hydrogen-bond acceptors (Lipinski definition) is 2. The van der Waals surface area contributed by atoms with Crippen LogP contribution in [-0.4, -0.2) is 20.6 Å². The average Bonchev–Trinajstić information content (AvgIpc) is 2.07. The normalized spacial score (nSPS) is 10.0. The maximum atomic E-state index is 10.8. The predicted molar refractivity (Wildman–Crippen MR) is 37.7 cm³/mol. The quantitative estimate of drug-likeness (QED) is 0.587. The SMILES string of the molecule is Cc1[nH]c(=O)n(C)c1C(=O)O. The van der Waals surface area contributed by atoms with Gasteiger partial charge in [-0.05, 0) is 6.92 Å². The molecule has 11 heavy (non-hydrogen) atoms. The Hall–Kier alpha value is -1.52. The maximum Gasteiger partial charge on any atom is 0.354 e. The van der Waals surface area contributed by atoms with Crippen LogP contribution in [0.1, 0.15) is 16.2 Å². The van der Waals surface area contributed by atoms with Crippen molar-refractivity contribution in [1.82, 2.24) is 9.55 Å². The monoisotopic (exact) mass is 156 g/mol. The van der Waals surface area contributed by atoms with Crippen molar-refractivity contribution in [2.75, 3.05) is 0 Å². The van der Waals surface area contributed by atoms with Gasteiger partial charge in [-0.15, -0.1) is 0 Å². The number of aromatic carboxylic acids is 1. The third-order valence-corrected chi connectivity index (χ3v) is 1.49. The van der Waals surface area contributed by atoms with E-state index < -0.39 is 11.7 Å². The van der Waals surface area contributed by atoms with Gasteiger partial charge in [-0.1, -0.05) is 0 Å². The molecule has 0 spiro atoms. The van der Waals surface area contributed by atoms with Gasteiger partial charge in [-0.2, -0.15) is 0 Å². The van der Waals surface area contributed by atoms with E-state index >= 15 is 0 Å². The molecule has 0 radical (unpaired) electrons. The number of imidazole rings is 1. The Balaban J connectivity index is 3.46. The highest BCUT2D eigenvalue weighted by Crippen LogP contribution is 1.99. The summed E-state index contributed by atoms with van der Waals surface area (Å²) >= 11 is 0. The van der Waals surface area contributed by atoms with Gasteiger partial charge in [0, 0.05) is 12.7 Å². The van der Waals surface area contributed by atoms with Crippen LogP contribution < -0.4 is 5.69 Å². The van der Waals surface area contributed by atoms with Crippen LogP contribution in [0.15, 0.2) is 4.79 Å². The highest BCUT2D eigenvalue weighted by molar-refractivity contribution is 5.86. The lowest BCUT2D eigenvalue weighted by atomic mass is 10.3. The predicted octanol–water partition coefficient (Wildman–Crippen LogP) is -0.280. The maximum absolute atomic E-state index is 10.8. The molecule has 0 aromatic carbocycles. The molecule has 0 atom stereocenters. The molecule has 1 aromatic heterocycles. The molecule has 1 heterocycles. The van der Waals surface area contributed by atoms with E-state index in [1.54, 1.807) is 6.92 Å². The molecule has 1 aromatic rings. The fourth-order valence-corrected chi connectivity index (χ4v) is 0.960. The molecule has 2 N–H and O–H groups in total. The molecular weight excluding hydrogens is 148 g/mol. The van der Waals surface area contributed by atoms with Crippen molar-refractivity contribution in [2.24, 2.45) is 7.05 Å². The number of carboxylic acid groups (broad SMARTS) is 1. The summed E-state index contributed by atoms with van der Waals surface area (Å²) in [5.41, 5.74) is -0.0140. The second-order valence-corrected chi connectivity index (χ2v) is 2.27. The van der Waals surface area contributed by atoms with Crippen LogP contribution in [0.5, 0.6) is 0 Å². The van der Waals surface area contributed by atoms with E-state index in [1.165, 1.54) is 7.05 Å². The summed E-state index contributed by atoms with van der Waals surface area (Å²) in [7, 11) is 1.41. The first kappa shape index (κ1) is 7.59. The number of aromatic nitrogens is 2. The minimum atomic E-state index is -1.09. The summed E-state index contributed by atoms with van der Waals surface area (Å²) < 4.78 is 1.07. The molecule has 0 unspecified atom stereocenters. The van der Waals surface area contributed by atoms with Gasteiger partial charge in [-0.3, -0.25) is 4.57 Å². The minimum Gasteiger partial charge on any atom is -0.477 e. The van der Waals surface area contributed by atoms with Crippen LogP contribution in [0, 0.1) is 6.92 Å². The summed E-state index contributed by atoms with van der Waals surface area (Å²) in [6.45, 7) is 1.55. The molecule has 0 aliphatic heterocycles. The molecule has 5 heteroatoms. The third kappa shape index (κ3) is 1.04. The minimum absolute atomic E-state index is 0.00926. The van der Waals surface area contributed by atoms with Gasteiger partial charge in [0.05, 0.1) is 0 Å². The van der Waals surface area contributed by atoms with Crippen LogP contribution >= 0.6 is 0 Å². The van der Waals surface area contributed by atoms with Gasteiger partial charge >= 0.3 is 11.7 Å². The highest BCUT2D eigenvalue weighted by Gasteiger charge is 2.13. The van der Waals surface area contributed by atoms with Gasteiger partial charge in [0.2, 0.25) is 0 Å². The molecule has 0 bridgehead atoms. The van der Waals surface area contributed by atoms with E-state index in [-0.39, 0.29) is 5.69 Å². The molecule has 0 fully saturated rings. The van der Waals surface area contributed by atoms with Gasteiger partial charge in [0.15, 0.2) is 5.69 Å². The highest BCUT2D eigenvalue weighted by atomic mass is 16.4. The average molecular weight is 156 g/mol. The Morgan fingerprint density at radius 1 is 1.64 bits per heavy atom. The van der Waals surface area contributed by atoms with E-state index in [0.29, 0.717) is 5.69 Å². The Labute approximate surface area is 62.3 Å². The van der Waals surface area contributed by atoms with E-state index in [2.05, 4.69) is 4.98 Å².